The molecule has 1 heterocycles. The van der Waals surface area contributed by atoms with Crippen LogP contribution in [0.1, 0.15) is 53.8 Å². The van der Waals surface area contributed by atoms with Crippen molar-refractivity contribution in [2.75, 3.05) is 26.2 Å². The van der Waals surface area contributed by atoms with Gasteiger partial charge in [0.2, 0.25) is 5.91 Å². The topological polar surface area (TPSA) is 84.0 Å². The van der Waals surface area contributed by atoms with Gasteiger partial charge in [0.15, 0.2) is 0 Å². The molecule has 26 heavy (non-hydrogen) atoms. The standard InChI is InChI=1S/C19H24N2O5/c1-3-20(13-11-17(23)26-4-2)16(22)10-7-12-21-18(24)14-8-5-6-9-15(14)19(21)25/h5-6,8-9H,3-4,7,10-13H2,1-2H3. The summed E-state index contributed by atoms with van der Waals surface area (Å²) in [5.74, 6) is -1.06. The van der Waals surface area contributed by atoms with Gasteiger partial charge in [0.05, 0.1) is 24.2 Å². The van der Waals surface area contributed by atoms with E-state index in [4.69, 9.17) is 4.74 Å². The van der Waals surface area contributed by atoms with Crippen molar-refractivity contribution >= 4 is 23.7 Å². The van der Waals surface area contributed by atoms with Crippen LogP contribution in [0.2, 0.25) is 0 Å². The molecule has 7 heteroatoms. The fraction of sp³-hybridized carbons (Fsp3) is 0.474. The third kappa shape index (κ3) is 4.47. The van der Waals surface area contributed by atoms with Crippen LogP contribution in [-0.4, -0.2) is 59.7 Å². The quantitative estimate of drug-likeness (QED) is 0.496. The van der Waals surface area contributed by atoms with Gasteiger partial charge in [-0.3, -0.25) is 24.1 Å². The molecule has 0 atom stereocenters. The Hall–Kier alpha value is -2.70. The number of fused-ring (bicyclic) bond motifs is 1. The average molecular weight is 360 g/mol. The van der Waals surface area contributed by atoms with E-state index in [0.29, 0.717) is 37.2 Å². The number of carbonyl (C=O) groups excluding carboxylic acids is 4. The molecule has 0 saturated carbocycles. The molecule has 0 aromatic heterocycles. The van der Waals surface area contributed by atoms with Crippen molar-refractivity contribution in [2.24, 2.45) is 0 Å². The van der Waals surface area contributed by atoms with E-state index < -0.39 is 0 Å². The van der Waals surface area contributed by atoms with Crippen molar-refractivity contribution in [1.29, 1.82) is 0 Å². The van der Waals surface area contributed by atoms with Crippen LogP contribution < -0.4 is 0 Å². The predicted molar refractivity (Wildman–Crippen MR) is 94.5 cm³/mol. The lowest BCUT2D eigenvalue weighted by Gasteiger charge is -2.21. The second-order valence-electron chi connectivity index (χ2n) is 5.94. The maximum atomic E-state index is 12.3. The van der Waals surface area contributed by atoms with Gasteiger partial charge in [-0.25, -0.2) is 0 Å². The first-order valence-electron chi connectivity index (χ1n) is 8.88. The van der Waals surface area contributed by atoms with Gasteiger partial charge in [0.1, 0.15) is 0 Å². The second-order valence-corrected chi connectivity index (χ2v) is 5.94. The lowest BCUT2D eigenvalue weighted by atomic mass is 10.1. The molecule has 0 aliphatic carbocycles. The smallest absolute Gasteiger partial charge is 0.307 e. The molecule has 0 unspecified atom stereocenters. The minimum absolute atomic E-state index is 0.103. The van der Waals surface area contributed by atoms with Crippen LogP contribution in [0.4, 0.5) is 0 Å². The first-order chi connectivity index (χ1) is 12.5. The minimum atomic E-state index is -0.329. The molecule has 3 amide bonds. The zero-order valence-corrected chi connectivity index (χ0v) is 15.2. The van der Waals surface area contributed by atoms with Crippen molar-refractivity contribution in [3.63, 3.8) is 0 Å². The highest BCUT2D eigenvalue weighted by atomic mass is 16.5. The molecule has 0 saturated heterocycles. The van der Waals surface area contributed by atoms with Gasteiger partial charge >= 0.3 is 5.97 Å². The number of hydrogen-bond acceptors (Lipinski definition) is 5. The summed E-state index contributed by atoms with van der Waals surface area (Å²) in [5, 5.41) is 0. The normalized spacial score (nSPS) is 12.9. The fourth-order valence-corrected chi connectivity index (χ4v) is 2.91. The molecule has 1 aromatic rings. The zero-order valence-electron chi connectivity index (χ0n) is 15.2. The maximum absolute atomic E-state index is 12.3. The molecule has 2 rings (SSSR count). The van der Waals surface area contributed by atoms with Crippen LogP contribution >= 0.6 is 0 Å². The molecule has 1 aromatic carbocycles. The zero-order chi connectivity index (χ0) is 19.1. The van der Waals surface area contributed by atoms with Gasteiger partial charge < -0.3 is 9.64 Å². The number of rotatable bonds is 9. The van der Waals surface area contributed by atoms with E-state index in [1.54, 1.807) is 36.1 Å². The Morgan fingerprint density at radius 2 is 1.65 bits per heavy atom. The summed E-state index contributed by atoms with van der Waals surface area (Å²) in [5.41, 5.74) is 0.821. The van der Waals surface area contributed by atoms with E-state index in [9.17, 15) is 19.2 Å². The van der Waals surface area contributed by atoms with Crippen molar-refractivity contribution in [2.45, 2.75) is 33.1 Å². The predicted octanol–water partition coefficient (Wildman–Crippen LogP) is 1.86. The van der Waals surface area contributed by atoms with Crippen LogP contribution in [0.5, 0.6) is 0 Å². The monoisotopic (exact) mass is 360 g/mol. The highest BCUT2D eigenvalue weighted by Gasteiger charge is 2.34. The summed E-state index contributed by atoms with van der Waals surface area (Å²) in [7, 11) is 0. The second kappa shape index (κ2) is 9.12. The summed E-state index contributed by atoms with van der Waals surface area (Å²) >= 11 is 0. The Balaban J connectivity index is 1.81. The van der Waals surface area contributed by atoms with E-state index in [-0.39, 0.29) is 43.1 Å². The molecule has 1 aliphatic rings. The van der Waals surface area contributed by atoms with E-state index in [2.05, 4.69) is 0 Å². The molecular weight excluding hydrogens is 336 g/mol. The first-order valence-corrected chi connectivity index (χ1v) is 8.88. The maximum Gasteiger partial charge on any atom is 0.307 e. The number of carbonyl (C=O) groups is 4. The molecular formula is C19H24N2O5. The number of amides is 3. The Morgan fingerprint density at radius 3 is 2.19 bits per heavy atom. The SMILES string of the molecule is CCOC(=O)CCN(CC)C(=O)CCCN1C(=O)c2ccccc2C1=O. The van der Waals surface area contributed by atoms with E-state index >= 15 is 0 Å². The number of ether oxygens (including phenoxy) is 1. The third-order valence-electron chi connectivity index (χ3n) is 4.28. The number of nitrogens with zero attached hydrogens (tertiary/aromatic N) is 2. The minimum Gasteiger partial charge on any atom is -0.466 e. The lowest BCUT2D eigenvalue weighted by molar-refractivity contribution is -0.144. The molecule has 0 N–H and O–H groups in total. The van der Waals surface area contributed by atoms with Crippen LogP contribution in [-0.2, 0) is 14.3 Å². The highest BCUT2D eigenvalue weighted by Crippen LogP contribution is 2.22. The Kier molecular flexibility index (Phi) is 6.89. The van der Waals surface area contributed by atoms with E-state index in [0.717, 1.165) is 0 Å². The number of imide groups is 1. The lowest BCUT2D eigenvalue weighted by Crippen LogP contribution is -2.35. The molecule has 0 bridgehead atoms. The molecule has 140 valence electrons. The Labute approximate surface area is 152 Å². The van der Waals surface area contributed by atoms with Crippen LogP contribution in [0.25, 0.3) is 0 Å². The van der Waals surface area contributed by atoms with Gasteiger partial charge in [0.25, 0.3) is 11.8 Å². The Bertz CT molecular complexity index is 666. The molecule has 0 fully saturated rings. The van der Waals surface area contributed by atoms with Gasteiger partial charge in [-0.05, 0) is 32.4 Å². The van der Waals surface area contributed by atoms with Crippen molar-refractivity contribution in [3.05, 3.63) is 35.4 Å². The van der Waals surface area contributed by atoms with Gasteiger partial charge in [-0.1, -0.05) is 12.1 Å². The van der Waals surface area contributed by atoms with Gasteiger partial charge in [0, 0.05) is 26.1 Å². The van der Waals surface area contributed by atoms with Crippen molar-refractivity contribution < 1.29 is 23.9 Å². The highest BCUT2D eigenvalue weighted by molar-refractivity contribution is 6.21. The summed E-state index contributed by atoms with van der Waals surface area (Å²) in [6.45, 7) is 4.90. The number of hydrogen-bond donors (Lipinski definition) is 0. The van der Waals surface area contributed by atoms with E-state index in [1.165, 1.54) is 4.90 Å². The number of esters is 1. The third-order valence-corrected chi connectivity index (χ3v) is 4.28. The van der Waals surface area contributed by atoms with E-state index in [1.807, 2.05) is 6.92 Å². The Morgan fingerprint density at radius 1 is 1.04 bits per heavy atom. The molecule has 7 nitrogen and oxygen atoms in total. The van der Waals surface area contributed by atoms with Crippen LogP contribution in [0, 0.1) is 0 Å². The van der Waals surface area contributed by atoms with Crippen LogP contribution in [0.15, 0.2) is 24.3 Å². The molecule has 0 spiro atoms. The average Bonchev–Trinajstić information content (AvgIpc) is 2.87. The van der Waals surface area contributed by atoms with Crippen molar-refractivity contribution in [1.82, 2.24) is 9.80 Å². The van der Waals surface area contributed by atoms with Crippen molar-refractivity contribution in [3.8, 4) is 0 Å². The summed E-state index contributed by atoms with van der Waals surface area (Å²) < 4.78 is 4.86. The molecule has 1 aliphatic heterocycles. The summed E-state index contributed by atoms with van der Waals surface area (Å²) in [4.78, 5) is 51.0. The molecule has 0 radical (unpaired) electrons. The number of benzene rings is 1. The fourth-order valence-electron chi connectivity index (χ4n) is 2.91. The first kappa shape index (κ1) is 19.6. The van der Waals surface area contributed by atoms with Crippen LogP contribution in [0.3, 0.4) is 0 Å². The van der Waals surface area contributed by atoms with Gasteiger partial charge in [-0.2, -0.15) is 0 Å². The largest absolute Gasteiger partial charge is 0.466 e. The van der Waals surface area contributed by atoms with Gasteiger partial charge in [-0.15, -0.1) is 0 Å². The summed E-state index contributed by atoms with van der Waals surface area (Å²) in [6, 6.07) is 6.71. The summed E-state index contributed by atoms with van der Waals surface area (Å²) in [6.07, 6.45) is 0.760.